The maximum atomic E-state index is 12.3. The van der Waals surface area contributed by atoms with Crippen LogP contribution >= 0.6 is 0 Å². The molecule has 2 rings (SSSR count). The van der Waals surface area contributed by atoms with Gasteiger partial charge in [-0.1, -0.05) is 42.7 Å². The number of hydrogen-bond donors (Lipinski definition) is 1. The first-order valence-electron chi connectivity index (χ1n) is 7.14. The van der Waals surface area contributed by atoms with Gasteiger partial charge in [-0.15, -0.1) is 0 Å². The summed E-state index contributed by atoms with van der Waals surface area (Å²) in [6.45, 7) is 2.05. The molecule has 1 fully saturated rings. The Morgan fingerprint density at radius 3 is 2.79 bits per heavy atom. The van der Waals surface area contributed by atoms with Crippen LogP contribution < -0.4 is 5.73 Å². The molecule has 2 unspecified atom stereocenters. The third-order valence-corrected chi connectivity index (χ3v) is 4.11. The van der Waals surface area contributed by atoms with E-state index in [1.165, 1.54) is 18.4 Å². The van der Waals surface area contributed by atoms with Crippen LogP contribution in [-0.2, 0) is 11.2 Å². The summed E-state index contributed by atoms with van der Waals surface area (Å²) in [5.74, 6) is 0.174. The predicted octanol–water partition coefficient (Wildman–Crippen LogP) is 2.27. The molecule has 0 radical (unpaired) electrons. The lowest BCUT2D eigenvalue weighted by Gasteiger charge is -2.36. The summed E-state index contributed by atoms with van der Waals surface area (Å²) in [7, 11) is 1.90. The molecule has 0 saturated heterocycles. The maximum absolute atomic E-state index is 12.3. The predicted molar refractivity (Wildman–Crippen MR) is 77.9 cm³/mol. The Bertz CT molecular complexity index is 444. The molecule has 2 N–H and O–H groups in total. The largest absolute Gasteiger partial charge is 0.341 e. The van der Waals surface area contributed by atoms with Crippen molar-refractivity contribution < 1.29 is 4.79 Å². The van der Waals surface area contributed by atoms with E-state index in [1.54, 1.807) is 0 Å². The van der Waals surface area contributed by atoms with Gasteiger partial charge < -0.3 is 10.6 Å². The van der Waals surface area contributed by atoms with Crippen molar-refractivity contribution in [1.29, 1.82) is 0 Å². The molecule has 19 heavy (non-hydrogen) atoms. The summed E-state index contributed by atoms with van der Waals surface area (Å²) in [5.41, 5.74) is 8.42. The van der Waals surface area contributed by atoms with Crippen LogP contribution in [0.3, 0.4) is 0 Å². The lowest BCUT2D eigenvalue weighted by Crippen LogP contribution is -2.50. The van der Waals surface area contributed by atoms with Crippen molar-refractivity contribution in [1.82, 2.24) is 4.90 Å². The fraction of sp³-hybridized carbons (Fsp3) is 0.562. The molecule has 1 amide bonds. The summed E-state index contributed by atoms with van der Waals surface area (Å²) in [5, 5.41) is 0. The van der Waals surface area contributed by atoms with E-state index in [2.05, 4.69) is 19.1 Å². The van der Waals surface area contributed by atoms with Gasteiger partial charge >= 0.3 is 0 Å². The van der Waals surface area contributed by atoms with E-state index in [0.717, 1.165) is 18.4 Å². The molecule has 1 aromatic carbocycles. The zero-order chi connectivity index (χ0) is 13.8. The average Bonchev–Trinajstić information content (AvgIpc) is 2.38. The van der Waals surface area contributed by atoms with E-state index in [-0.39, 0.29) is 18.0 Å². The standard InChI is InChI=1S/C16H24N2O/c1-12-6-5-7-13(10-12)11-16(19)18(2)15-9-4-3-8-14(15)17/h5-7,10,14-15H,3-4,8-9,11,17H2,1-2H3. The highest BCUT2D eigenvalue weighted by Gasteiger charge is 2.28. The Morgan fingerprint density at radius 1 is 1.37 bits per heavy atom. The molecule has 104 valence electrons. The van der Waals surface area contributed by atoms with Crippen molar-refractivity contribution >= 4 is 5.91 Å². The summed E-state index contributed by atoms with van der Waals surface area (Å²) in [6, 6.07) is 8.50. The monoisotopic (exact) mass is 260 g/mol. The molecule has 0 bridgehead atoms. The number of hydrogen-bond acceptors (Lipinski definition) is 2. The fourth-order valence-corrected chi connectivity index (χ4v) is 2.93. The maximum Gasteiger partial charge on any atom is 0.227 e. The molecule has 1 saturated carbocycles. The van der Waals surface area contributed by atoms with E-state index >= 15 is 0 Å². The first-order valence-corrected chi connectivity index (χ1v) is 7.14. The molecule has 2 atom stereocenters. The summed E-state index contributed by atoms with van der Waals surface area (Å²) in [4.78, 5) is 14.2. The second-order valence-corrected chi connectivity index (χ2v) is 5.69. The number of benzene rings is 1. The van der Waals surface area contributed by atoms with Gasteiger partial charge in [-0.05, 0) is 25.3 Å². The molecule has 3 heteroatoms. The number of carbonyl (C=O) groups excluding carboxylic acids is 1. The van der Waals surface area contributed by atoms with E-state index in [0.29, 0.717) is 6.42 Å². The highest BCUT2D eigenvalue weighted by Crippen LogP contribution is 2.21. The summed E-state index contributed by atoms with van der Waals surface area (Å²) in [6.07, 6.45) is 4.92. The number of rotatable bonds is 3. The molecule has 1 aliphatic carbocycles. The zero-order valence-corrected chi connectivity index (χ0v) is 11.9. The van der Waals surface area contributed by atoms with E-state index in [4.69, 9.17) is 5.73 Å². The molecular weight excluding hydrogens is 236 g/mol. The molecule has 0 aliphatic heterocycles. The summed E-state index contributed by atoms with van der Waals surface area (Å²) >= 11 is 0. The minimum Gasteiger partial charge on any atom is -0.341 e. The summed E-state index contributed by atoms with van der Waals surface area (Å²) < 4.78 is 0. The van der Waals surface area contributed by atoms with E-state index < -0.39 is 0 Å². The number of likely N-dealkylation sites (N-methyl/N-ethyl adjacent to an activating group) is 1. The zero-order valence-electron chi connectivity index (χ0n) is 11.9. The normalized spacial score (nSPS) is 23.1. The van der Waals surface area contributed by atoms with Gasteiger partial charge in [0.1, 0.15) is 0 Å². The van der Waals surface area contributed by atoms with Crippen LogP contribution in [0.2, 0.25) is 0 Å². The van der Waals surface area contributed by atoms with Crippen LogP contribution in [0.5, 0.6) is 0 Å². The van der Waals surface area contributed by atoms with E-state index in [9.17, 15) is 4.79 Å². The molecule has 0 spiro atoms. The van der Waals surface area contributed by atoms with Crippen molar-refractivity contribution in [3.8, 4) is 0 Å². The second kappa shape index (κ2) is 6.20. The molecule has 0 heterocycles. The van der Waals surface area contributed by atoms with Crippen LogP contribution in [-0.4, -0.2) is 29.9 Å². The van der Waals surface area contributed by atoms with Crippen LogP contribution in [0, 0.1) is 6.92 Å². The number of aryl methyl sites for hydroxylation is 1. The Labute approximate surface area is 115 Å². The number of amides is 1. The van der Waals surface area contributed by atoms with Gasteiger partial charge in [0.25, 0.3) is 0 Å². The third-order valence-electron chi connectivity index (χ3n) is 4.11. The minimum absolute atomic E-state index is 0.139. The first-order chi connectivity index (χ1) is 9.08. The highest BCUT2D eigenvalue weighted by atomic mass is 16.2. The molecule has 1 aromatic rings. The Hall–Kier alpha value is -1.35. The first kappa shape index (κ1) is 14.1. The molecule has 3 nitrogen and oxygen atoms in total. The number of nitrogens with zero attached hydrogens (tertiary/aromatic N) is 1. The van der Waals surface area contributed by atoms with Gasteiger partial charge in [0, 0.05) is 19.1 Å². The van der Waals surface area contributed by atoms with Crippen molar-refractivity contribution in [2.75, 3.05) is 7.05 Å². The van der Waals surface area contributed by atoms with Crippen molar-refractivity contribution in [3.05, 3.63) is 35.4 Å². The average molecular weight is 260 g/mol. The third kappa shape index (κ3) is 3.57. The van der Waals surface area contributed by atoms with Crippen LogP contribution in [0.4, 0.5) is 0 Å². The Kier molecular flexibility index (Phi) is 4.59. The van der Waals surface area contributed by atoms with Gasteiger partial charge in [-0.25, -0.2) is 0 Å². The van der Waals surface area contributed by atoms with Crippen molar-refractivity contribution in [2.24, 2.45) is 5.73 Å². The quantitative estimate of drug-likeness (QED) is 0.906. The topological polar surface area (TPSA) is 46.3 Å². The van der Waals surface area contributed by atoms with Crippen molar-refractivity contribution in [2.45, 2.75) is 51.1 Å². The van der Waals surface area contributed by atoms with Gasteiger partial charge in [0.15, 0.2) is 0 Å². The van der Waals surface area contributed by atoms with Gasteiger partial charge in [0.05, 0.1) is 6.42 Å². The van der Waals surface area contributed by atoms with Gasteiger partial charge in [-0.3, -0.25) is 4.79 Å². The number of carbonyl (C=O) groups is 1. The van der Waals surface area contributed by atoms with Gasteiger partial charge in [-0.2, -0.15) is 0 Å². The minimum atomic E-state index is 0.139. The van der Waals surface area contributed by atoms with E-state index in [1.807, 2.05) is 24.1 Å². The Balaban J connectivity index is 1.99. The van der Waals surface area contributed by atoms with Crippen LogP contribution in [0.25, 0.3) is 0 Å². The molecular formula is C16H24N2O. The SMILES string of the molecule is Cc1cccc(CC(=O)N(C)C2CCCCC2N)c1. The van der Waals surface area contributed by atoms with Crippen LogP contribution in [0.15, 0.2) is 24.3 Å². The lowest BCUT2D eigenvalue weighted by atomic mass is 9.90. The Morgan fingerprint density at radius 2 is 2.11 bits per heavy atom. The second-order valence-electron chi connectivity index (χ2n) is 5.69. The van der Waals surface area contributed by atoms with Crippen molar-refractivity contribution in [3.63, 3.8) is 0 Å². The highest BCUT2D eigenvalue weighted by molar-refractivity contribution is 5.79. The lowest BCUT2D eigenvalue weighted by molar-refractivity contribution is -0.132. The number of nitrogens with two attached hydrogens (primary N) is 1. The smallest absolute Gasteiger partial charge is 0.227 e. The molecule has 1 aliphatic rings. The van der Waals surface area contributed by atoms with Gasteiger partial charge in [0.2, 0.25) is 5.91 Å². The molecule has 0 aromatic heterocycles. The van der Waals surface area contributed by atoms with Crippen LogP contribution in [0.1, 0.15) is 36.8 Å². The fourth-order valence-electron chi connectivity index (χ4n) is 2.93.